The zero-order valence-electron chi connectivity index (χ0n) is 18.6. The molecule has 0 N–H and O–H groups in total. The molecule has 5 aromatic rings. The maximum absolute atomic E-state index is 13.3. The van der Waals surface area contributed by atoms with Crippen molar-refractivity contribution in [3.8, 4) is 28.6 Å². The summed E-state index contributed by atoms with van der Waals surface area (Å²) >= 11 is 2.75. The van der Waals surface area contributed by atoms with Crippen molar-refractivity contribution in [1.82, 2.24) is 19.7 Å². The number of thioether (sulfide) groups is 1. The highest BCUT2D eigenvalue weighted by Crippen LogP contribution is 2.32. The average molecular weight is 493 g/mol. The van der Waals surface area contributed by atoms with Crippen molar-refractivity contribution in [2.45, 2.75) is 17.8 Å². The Labute approximate surface area is 203 Å². The van der Waals surface area contributed by atoms with Crippen LogP contribution >= 0.6 is 23.1 Å². The fourth-order valence-corrected chi connectivity index (χ4v) is 5.05. The highest BCUT2D eigenvalue weighted by atomic mass is 32.2. The van der Waals surface area contributed by atoms with Crippen LogP contribution in [0.2, 0.25) is 0 Å². The zero-order valence-corrected chi connectivity index (χ0v) is 20.3. The van der Waals surface area contributed by atoms with E-state index in [-0.39, 0.29) is 5.56 Å². The maximum Gasteiger partial charge on any atom is 0.276 e. The van der Waals surface area contributed by atoms with Crippen LogP contribution in [0.25, 0.3) is 27.3 Å². The van der Waals surface area contributed by atoms with Gasteiger partial charge in [0.05, 0.1) is 36.7 Å². The van der Waals surface area contributed by atoms with Crippen molar-refractivity contribution in [1.29, 1.82) is 0 Å². The van der Waals surface area contributed by atoms with Gasteiger partial charge in [-0.1, -0.05) is 34.6 Å². The number of hydrogen-bond acceptors (Lipinski definition) is 9. The summed E-state index contributed by atoms with van der Waals surface area (Å²) in [4.78, 5) is 22.5. The predicted octanol–water partition coefficient (Wildman–Crippen LogP) is 5.12. The maximum atomic E-state index is 13.3. The molecule has 0 bridgehead atoms. The third-order valence-corrected chi connectivity index (χ3v) is 7.00. The van der Waals surface area contributed by atoms with Gasteiger partial charge in [0.25, 0.3) is 5.56 Å². The Morgan fingerprint density at radius 3 is 2.65 bits per heavy atom. The summed E-state index contributed by atoms with van der Waals surface area (Å²) in [6.07, 6.45) is 0. The van der Waals surface area contributed by atoms with Gasteiger partial charge in [-0.3, -0.25) is 9.36 Å². The molecule has 0 saturated carbocycles. The fourth-order valence-electron chi connectivity index (χ4n) is 3.44. The normalized spacial score (nSPS) is 11.1. The van der Waals surface area contributed by atoms with Gasteiger partial charge in [0.1, 0.15) is 16.2 Å². The molecule has 0 radical (unpaired) electrons. The van der Waals surface area contributed by atoms with Gasteiger partial charge >= 0.3 is 0 Å². The summed E-state index contributed by atoms with van der Waals surface area (Å²) in [6, 6.07) is 15.0. The molecule has 2 aromatic carbocycles. The summed E-state index contributed by atoms with van der Waals surface area (Å²) in [5.74, 6) is 2.42. The Balaban J connectivity index is 1.46. The van der Waals surface area contributed by atoms with Crippen LogP contribution in [0.3, 0.4) is 0 Å². The van der Waals surface area contributed by atoms with E-state index in [2.05, 4.69) is 10.1 Å². The highest BCUT2D eigenvalue weighted by Gasteiger charge is 2.18. The first kappa shape index (κ1) is 22.2. The standard InChI is InChI=1S/C24H20N4O4S2/c1-14-4-6-15(7-5-14)28-23(29)21-18(10-11-33-21)25-24(28)34-13-20-26-22(27-32-20)17-9-8-16(30-2)12-19(17)31-3/h4-12H,13H2,1-3H3. The molecule has 10 heteroatoms. The third kappa shape index (κ3) is 4.17. The van der Waals surface area contributed by atoms with Crippen LogP contribution in [0.1, 0.15) is 11.5 Å². The monoisotopic (exact) mass is 492 g/mol. The molecular formula is C24H20N4O4S2. The van der Waals surface area contributed by atoms with Gasteiger partial charge in [-0.25, -0.2) is 4.98 Å². The van der Waals surface area contributed by atoms with Crippen molar-refractivity contribution < 1.29 is 14.0 Å². The first-order chi connectivity index (χ1) is 16.6. The van der Waals surface area contributed by atoms with Crippen LogP contribution in [0, 0.1) is 6.92 Å². The number of nitrogens with zero attached hydrogens (tertiary/aromatic N) is 4. The first-order valence-electron chi connectivity index (χ1n) is 10.3. The molecule has 172 valence electrons. The second-order valence-electron chi connectivity index (χ2n) is 7.37. The number of ether oxygens (including phenoxy) is 2. The van der Waals surface area contributed by atoms with Crippen LogP contribution in [-0.2, 0) is 5.75 Å². The van der Waals surface area contributed by atoms with Gasteiger partial charge in [0.15, 0.2) is 5.16 Å². The SMILES string of the molecule is COc1ccc(-c2noc(CSc3nc4ccsc4c(=O)n3-c3ccc(C)cc3)n2)c(OC)c1. The van der Waals surface area contributed by atoms with Crippen molar-refractivity contribution in [3.63, 3.8) is 0 Å². The number of hydrogen-bond donors (Lipinski definition) is 0. The second-order valence-corrected chi connectivity index (χ2v) is 9.23. The number of aromatic nitrogens is 4. The lowest BCUT2D eigenvalue weighted by molar-refractivity contribution is 0.388. The molecule has 0 atom stereocenters. The minimum Gasteiger partial charge on any atom is -0.497 e. The van der Waals surface area contributed by atoms with E-state index < -0.39 is 0 Å². The Morgan fingerprint density at radius 1 is 1.06 bits per heavy atom. The van der Waals surface area contributed by atoms with Crippen LogP contribution in [0.5, 0.6) is 11.5 Å². The molecule has 3 aromatic heterocycles. The minimum absolute atomic E-state index is 0.0967. The zero-order chi connectivity index (χ0) is 23.7. The van der Waals surface area contributed by atoms with E-state index >= 15 is 0 Å². The quantitative estimate of drug-likeness (QED) is 0.228. The Hall–Kier alpha value is -3.63. The molecule has 0 fully saturated rings. The summed E-state index contributed by atoms with van der Waals surface area (Å²) in [6.45, 7) is 2.01. The number of fused-ring (bicyclic) bond motifs is 1. The van der Waals surface area contributed by atoms with E-state index in [9.17, 15) is 4.79 Å². The average Bonchev–Trinajstić information content (AvgIpc) is 3.53. The number of benzene rings is 2. The summed E-state index contributed by atoms with van der Waals surface area (Å²) in [5, 5.41) is 6.54. The first-order valence-corrected chi connectivity index (χ1v) is 12.2. The van der Waals surface area contributed by atoms with Gasteiger partial charge < -0.3 is 14.0 Å². The van der Waals surface area contributed by atoms with Gasteiger partial charge in [-0.2, -0.15) is 4.98 Å². The molecule has 5 rings (SSSR count). The largest absolute Gasteiger partial charge is 0.497 e. The molecule has 0 aliphatic rings. The molecule has 0 unspecified atom stereocenters. The third-order valence-electron chi connectivity index (χ3n) is 5.18. The summed E-state index contributed by atoms with van der Waals surface area (Å²) in [5.41, 5.74) is 3.15. The van der Waals surface area contributed by atoms with E-state index in [0.29, 0.717) is 49.9 Å². The molecule has 0 saturated heterocycles. The molecule has 0 spiro atoms. The highest BCUT2D eigenvalue weighted by molar-refractivity contribution is 7.98. The van der Waals surface area contributed by atoms with Crippen molar-refractivity contribution in [2.24, 2.45) is 0 Å². The van der Waals surface area contributed by atoms with Crippen molar-refractivity contribution >= 4 is 33.3 Å². The molecule has 34 heavy (non-hydrogen) atoms. The van der Waals surface area contributed by atoms with E-state index in [1.165, 1.54) is 23.1 Å². The number of thiophene rings is 1. The van der Waals surface area contributed by atoms with Crippen LogP contribution in [-0.4, -0.2) is 33.9 Å². The van der Waals surface area contributed by atoms with Crippen molar-refractivity contribution in [3.05, 3.63) is 75.7 Å². The summed E-state index contributed by atoms with van der Waals surface area (Å²) < 4.78 is 18.4. The summed E-state index contributed by atoms with van der Waals surface area (Å²) in [7, 11) is 3.17. The van der Waals surface area contributed by atoms with E-state index in [1.54, 1.807) is 24.9 Å². The Kier molecular flexibility index (Phi) is 6.08. The van der Waals surface area contributed by atoms with E-state index in [0.717, 1.165) is 11.3 Å². The van der Waals surface area contributed by atoms with Crippen molar-refractivity contribution in [2.75, 3.05) is 14.2 Å². The lowest BCUT2D eigenvalue weighted by Crippen LogP contribution is -2.20. The lowest BCUT2D eigenvalue weighted by atomic mass is 10.2. The lowest BCUT2D eigenvalue weighted by Gasteiger charge is -2.11. The smallest absolute Gasteiger partial charge is 0.276 e. The molecular weight excluding hydrogens is 472 g/mol. The van der Waals surface area contributed by atoms with E-state index in [1.807, 2.05) is 54.8 Å². The molecule has 8 nitrogen and oxygen atoms in total. The molecule has 0 aliphatic carbocycles. The van der Waals surface area contributed by atoms with Crippen LogP contribution < -0.4 is 15.0 Å². The van der Waals surface area contributed by atoms with Gasteiger partial charge in [0.2, 0.25) is 11.7 Å². The van der Waals surface area contributed by atoms with Gasteiger partial charge in [0, 0.05) is 6.07 Å². The van der Waals surface area contributed by atoms with Gasteiger partial charge in [-0.15, -0.1) is 11.3 Å². The topological polar surface area (TPSA) is 92.3 Å². The Morgan fingerprint density at radius 2 is 1.88 bits per heavy atom. The minimum atomic E-state index is -0.0967. The Bertz CT molecular complexity index is 1520. The second kappa shape index (κ2) is 9.32. The predicted molar refractivity (Wildman–Crippen MR) is 132 cm³/mol. The number of aryl methyl sites for hydroxylation is 1. The molecule has 0 aliphatic heterocycles. The molecule has 0 amide bonds. The number of rotatable bonds is 7. The fraction of sp³-hybridized carbons (Fsp3) is 0.167. The van der Waals surface area contributed by atoms with Crippen LogP contribution in [0.4, 0.5) is 0 Å². The molecule has 3 heterocycles. The number of methoxy groups -OCH3 is 2. The van der Waals surface area contributed by atoms with Gasteiger partial charge in [-0.05, 0) is 42.6 Å². The van der Waals surface area contributed by atoms with E-state index in [4.69, 9.17) is 19.0 Å². The van der Waals surface area contributed by atoms with Crippen LogP contribution in [0.15, 0.2) is 68.4 Å².